The molecule has 0 amide bonds. The molecule has 1 heterocycles. The summed E-state index contributed by atoms with van der Waals surface area (Å²) in [6, 6.07) is 3.02. The second-order valence-electron chi connectivity index (χ2n) is 2.01. The van der Waals surface area contributed by atoms with E-state index in [0.29, 0.717) is 3.79 Å². The predicted octanol–water partition coefficient (Wildman–Crippen LogP) is 1.39. The first-order valence-corrected chi connectivity index (χ1v) is 5.92. The van der Waals surface area contributed by atoms with E-state index >= 15 is 0 Å². The van der Waals surface area contributed by atoms with Gasteiger partial charge in [-0.1, -0.05) is 0 Å². The molecule has 1 aromatic heterocycles. The second-order valence-corrected chi connectivity index (χ2v) is 5.98. The maximum atomic E-state index is 10.4. The Labute approximate surface area is 81.7 Å². The monoisotopic (exact) mass is 272 g/mol. The fraction of sp³-hybridized carbons (Fsp3) is 0.200. The Hall–Kier alpha value is 0.0500. The van der Waals surface area contributed by atoms with Gasteiger partial charge in [0.25, 0.3) is 10.1 Å². The van der Waals surface area contributed by atoms with Gasteiger partial charge in [-0.05, 0) is 28.1 Å². The van der Waals surface area contributed by atoms with Crippen LogP contribution in [0.15, 0.2) is 15.9 Å². The van der Waals surface area contributed by atoms with Crippen LogP contribution >= 0.6 is 27.3 Å². The van der Waals surface area contributed by atoms with Crippen molar-refractivity contribution in [1.29, 1.82) is 0 Å². The van der Waals surface area contributed by atoms with Gasteiger partial charge in [0.05, 0.1) is 8.66 Å². The quantitative estimate of drug-likeness (QED) is 0.798. The van der Waals surface area contributed by atoms with E-state index in [1.165, 1.54) is 6.07 Å². The van der Waals surface area contributed by atoms with E-state index in [1.807, 2.05) is 0 Å². The number of aliphatic hydroxyl groups is 1. The van der Waals surface area contributed by atoms with Crippen molar-refractivity contribution in [2.24, 2.45) is 0 Å². The Balaban J connectivity index is 3.01. The molecule has 7 heteroatoms. The normalized spacial score (nSPS) is 14.6. The van der Waals surface area contributed by atoms with Crippen molar-refractivity contribution in [3.05, 3.63) is 20.8 Å². The molecule has 1 atom stereocenters. The Morgan fingerprint density at radius 3 is 2.42 bits per heavy atom. The summed E-state index contributed by atoms with van der Waals surface area (Å²) in [5.41, 5.74) is -1.84. The summed E-state index contributed by atoms with van der Waals surface area (Å²) in [6.07, 6.45) is 0. The van der Waals surface area contributed by atoms with Gasteiger partial charge in [-0.3, -0.25) is 4.55 Å². The highest BCUT2D eigenvalue weighted by Crippen LogP contribution is 2.29. The van der Waals surface area contributed by atoms with Crippen LogP contribution in [0, 0.1) is 0 Å². The van der Waals surface area contributed by atoms with Crippen LogP contribution in [0.1, 0.15) is 10.3 Å². The zero-order valence-corrected chi connectivity index (χ0v) is 8.86. The Morgan fingerprint density at radius 2 is 2.08 bits per heavy atom. The fourth-order valence-corrected chi connectivity index (χ4v) is 2.78. The lowest BCUT2D eigenvalue weighted by molar-refractivity contribution is 0.242. The van der Waals surface area contributed by atoms with Crippen molar-refractivity contribution < 1.29 is 18.1 Å². The maximum absolute atomic E-state index is 10.4. The van der Waals surface area contributed by atoms with Gasteiger partial charge in [-0.15, -0.1) is 11.3 Å². The van der Waals surface area contributed by atoms with Crippen LogP contribution in [-0.4, -0.2) is 18.1 Å². The number of thiophene rings is 1. The smallest absolute Gasteiger partial charge is 0.297 e. The SMILES string of the molecule is O=S(=O)(O)C(O)c1ccc(Br)s1. The second kappa shape index (κ2) is 3.43. The largest absolute Gasteiger partial charge is 0.371 e. The molecule has 1 unspecified atom stereocenters. The summed E-state index contributed by atoms with van der Waals surface area (Å²) in [5.74, 6) is 0. The van der Waals surface area contributed by atoms with Gasteiger partial charge in [0.15, 0.2) is 0 Å². The molecule has 0 aliphatic heterocycles. The molecule has 0 saturated carbocycles. The molecule has 0 radical (unpaired) electrons. The number of hydrogen-bond acceptors (Lipinski definition) is 4. The third kappa shape index (κ3) is 2.27. The minimum atomic E-state index is -4.40. The molecule has 0 aliphatic rings. The van der Waals surface area contributed by atoms with Gasteiger partial charge in [0.1, 0.15) is 0 Å². The van der Waals surface area contributed by atoms with Gasteiger partial charge in [0.2, 0.25) is 5.44 Å². The molecule has 0 aromatic carbocycles. The molecule has 0 bridgehead atoms. The Bertz CT molecular complexity index is 369. The molecule has 68 valence electrons. The number of hydrogen-bond donors (Lipinski definition) is 2. The number of rotatable bonds is 2. The van der Waals surface area contributed by atoms with Crippen molar-refractivity contribution in [1.82, 2.24) is 0 Å². The molecular weight excluding hydrogens is 268 g/mol. The van der Waals surface area contributed by atoms with Crippen LogP contribution in [0.4, 0.5) is 0 Å². The highest BCUT2D eigenvalue weighted by Gasteiger charge is 2.23. The minimum Gasteiger partial charge on any atom is -0.371 e. The van der Waals surface area contributed by atoms with Crippen LogP contribution in [0.3, 0.4) is 0 Å². The van der Waals surface area contributed by atoms with E-state index in [9.17, 15) is 8.42 Å². The third-order valence-corrected chi connectivity index (χ3v) is 3.76. The summed E-state index contributed by atoms with van der Waals surface area (Å²) in [7, 11) is -4.40. The molecule has 0 fully saturated rings. The van der Waals surface area contributed by atoms with Crippen LogP contribution < -0.4 is 0 Å². The molecule has 12 heavy (non-hydrogen) atoms. The van der Waals surface area contributed by atoms with Crippen LogP contribution in [0.5, 0.6) is 0 Å². The van der Waals surface area contributed by atoms with E-state index in [1.54, 1.807) is 6.07 Å². The molecule has 4 nitrogen and oxygen atoms in total. The number of aliphatic hydroxyl groups excluding tert-OH is 1. The van der Waals surface area contributed by atoms with Gasteiger partial charge in [-0.25, -0.2) is 0 Å². The molecular formula is C5H5BrO4S2. The van der Waals surface area contributed by atoms with Crippen LogP contribution in [-0.2, 0) is 10.1 Å². The average Bonchev–Trinajstić information content (AvgIpc) is 2.32. The van der Waals surface area contributed by atoms with E-state index in [4.69, 9.17) is 9.66 Å². The summed E-state index contributed by atoms with van der Waals surface area (Å²) in [4.78, 5) is 0.185. The molecule has 0 spiro atoms. The average molecular weight is 273 g/mol. The molecule has 1 rings (SSSR count). The first-order valence-electron chi connectivity index (χ1n) is 2.81. The minimum absolute atomic E-state index is 0.185. The van der Waals surface area contributed by atoms with Gasteiger partial charge in [-0.2, -0.15) is 8.42 Å². The van der Waals surface area contributed by atoms with E-state index < -0.39 is 15.6 Å². The van der Waals surface area contributed by atoms with Gasteiger partial charge >= 0.3 is 0 Å². The van der Waals surface area contributed by atoms with Crippen molar-refractivity contribution in [3.8, 4) is 0 Å². The zero-order chi connectivity index (χ0) is 9.35. The lowest BCUT2D eigenvalue weighted by atomic mass is 10.5. The van der Waals surface area contributed by atoms with Crippen molar-refractivity contribution in [2.75, 3.05) is 0 Å². The topological polar surface area (TPSA) is 74.6 Å². The van der Waals surface area contributed by atoms with Crippen molar-refractivity contribution >= 4 is 37.4 Å². The zero-order valence-electron chi connectivity index (χ0n) is 5.64. The van der Waals surface area contributed by atoms with Crippen molar-refractivity contribution in [2.45, 2.75) is 5.44 Å². The molecule has 2 N–H and O–H groups in total. The van der Waals surface area contributed by atoms with Gasteiger partial charge < -0.3 is 5.11 Å². The van der Waals surface area contributed by atoms with E-state index in [2.05, 4.69) is 15.9 Å². The third-order valence-electron chi connectivity index (χ3n) is 1.12. The van der Waals surface area contributed by atoms with E-state index in [-0.39, 0.29) is 4.88 Å². The predicted molar refractivity (Wildman–Crippen MR) is 48.5 cm³/mol. The first-order chi connectivity index (χ1) is 5.41. The number of halogens is 1. The fourth-order valence-electron chi connectivity index (χ4n) is 0.608. The summed E-state index contributed by atoms with van der Waals surface area (Å²) in [5, 5.41) is 9.02. The lowest BCUT2D eigenvalue weighted by Gasteiger charge is -2.02. The lowest BCUT2D eigenvalue weighted by Crippen LogP contribution is -2.09. The summed E-state index contributed by atoms with van der Waals surface area (Å²) >= 11 is 4.15. The van der Waals surface area contributed by atoms with Crippen molar-refractivity contribution in [3.63, 3.8) is 0 Å². The van der Waals surface area contributed by atoms with Crippen LogP contribution in [0.25, 0.3) is 0 Å². The van der Waals surface area contributed by atoms with Gasteiger partial charge in [0, 0.05) is 0 Å². The van der Waals surface area contributed by atoms with E-state index in [0.717, 1.165) is 11.3 Å². The maximum Gasteiger partial charge on any atom is 0.297 e. The Morgan fingerprint density at radius 1 is 1.50 bits per heavy atom. The highest BCUT2D eigenvalue weighted by atomic mass is 79.9. The Kier molecular flexibility index (Phi) is 2.89. The molecule has 1 aromatic rings. The highest BCUT2D eigenvalue weighted by molar-refractivity contribution is 9.11. The molecule has 0 aliphatic carbocycles. The first kappa shape index (κ1) is 10.1. The van der Waals surface area contributed by atoms with Crippen LogP contribution in [0.2, 0.25) is 0 Å². The molecule has 0 saturated heterocycles. The summed E-state index contributed by atoms with van der Waals surface area (Å²) in [6.45, 7) is 0. The standard InChI is InChI=1S/C5H5BrO4S2/c6-4-2-1-3(11-4)5(7)12(8,9)10/h1-2,5,7H,(H,8,9,10). The summed E-state index contributed by atoms with van der Waals surface area (Å²) < 4.78 is 30.0.